The lowest BCUT2D eigenvalue weighted by atomic mass is 9.96. The summed E-state index contributed by atoms with van der Waals surface area (Å²) in [5, 5.41) is 14.0. The van der Waals surface area contributed by atoms with Crippen LogP contribution in [0, 0.1) is 28.8 Å². The molecule has 1 fully saturated rings. The van der Waals surface area contributed by atoms with Gasteiger partial charge in [0.1, 0.15) is 5.82 Å². The number of nitro benzene ring substituents is 1. The molecule has 0 aromatic heterocycles. The summed E-state index contributed by atoms with van der Waals surface area (Å²) < 4.78 is 41.0. The number of halogens is 1. The molecule has 22 heavy (non-hydrogen) atoms. The summed E-state index contributed by atoms with van der Waals surface area (Å²) in [5.74, 6) is -0.786. The van der Waals surface area contributed by atoms with Crippen molar-refractivity contribution < 1.29 is 17.7 Å². The summed E-state index contributed by atoms with van der Waals surface area (Å²) in [7, 11) is -4.02. The Bertz CT molecular complexity index is 693. The number of piperidine rings is 1. The minimum absolute atomic E-state index is 0.126. The molecule has 1 aliphatic rings. The van der Waals surface area contributed by atoms with Crippen LogP contribution in [-0.4, -0.2) is 32.5 Å². The maximum atomic E-state index is 13.8. The van der Waals surface area contributed by atoms with Gasteiger partial charge in [-0.25, -0.2) is 17.5 Å². The second kappa shape index (κ2) is 6.27. The smallest absolute Gasteiger partial charge is 0.276 e. The third kappa shape index (κ3) is 3.42. The highest BCUT2D eigenvalue weighted by molar-refractivity contribution is 7.89. The first-order chi connectivity index (χ1) is 10.2. The Kier molecular flexibility index (Phi) is 4.78. The second-order valence-corrected chi connectivity index (χ2v) is 7.22. The molecule has 1 aliphatic heterocycles. The Morgan fingerprint density at radius 3 is 2.73 bits per heavy atom. The summed E-state index contributed by atoms with van der Waals surface area (Å²) in [5.41, 5.74) is -0.730. The van der Waals surface area contributed by atoms with Crippen LogP contribution in [0.4, 0.5) is 10.1 Å². The monoisotopic (exact) mass is 331 g/mol. The van der Waals surface area contributed by atoms with Crippen molar-refractivity contribution in [3.05, 3.63) is 33.6 Å². The molecule has 122 valence electrons. The van der Waals surface area contributed by atoms with Crippen molar-refractivity contribution in [3.63, 3.8) is 0 Å². The van der Waals surface area contributed by atoms with E-state index in [2.05, 4.69) is 10.0 Å². The molecule has 0 saturated carbocycles. The molecule has 1 heterocycles. The van der Waals surface area contributed by atoms with Crippen molar-refractivity contribution in [1.29, 1.82) is 0 Å². The van der Waals surface area contributed by atoms with Gasteiger partial charge in [-0.05, 0) is 31.9 Å². The van der Waals surface area contributed by atoms with Gasteiger partial charge >= 0.3 is 0 Å². The van der Waals surface area contributed by atoms with E-state index in [0.29, 0.717) is 6.54 Å². The Labute approximate surface area is 128 Å². The van der Waals surface area contributed by atoms with Crippen LogP contribution in [0.1, 0.15) is 18.9 Å². The number of benzene rings is 1. The molecule has 1 aromatic carbocycles. The molecule has 0 amide bonds. The molecule has 0 bridgehead atoms. The Balaban J connectivity index is 2.35. The van der Waals surface area contributed by atoms with Crippen LogP contribution in [0.25, 0.3) is 0 Å². The number of hydrogen-bond acceptors (Lipinski definition) is 5. The SMILES string of the molecule is Cc1c(F)cc(S(=O)(=O)NC2CNCCC2C)cc1[N+](=O)[O-]. The van der Waals surface area contributed by atoms with Crippen molar-refractivity contribution in [3.8, 4) is 0 Å². The normalized spacial score (nSPS) is 22.5. The van der Waals surface area contributed by atoms with E-state index in [-0.39, 0.29) is 17.5 Å². The molecule has 1 saturated heterocycles. The summed E-state index contributed by atoms with van der Waals surface area (Å²) in [6.45, 7) is 4.44. The van der Waals surface area contributed by atoms with Gasteiger partial charge in [0.25, 0.3) is 5.69 Å². The molecule has 7 nitrogen and oxygen atoms in total. The average Bonchev–Trinajstić information content (AvgIpc) is 2.43. The molecule has 1 aromatic rings. The molecule has 0 radical (unpaired) electrons. The lowest BCUT2D eigenvalue weighted by Gasteiger charge is -2.29. The van der Waals surface area contributed by atoms with Crippen LogP contribution >= 0.6 is 0 Å². The average molecular weight is 331 g/mol. The number of nitrogens with one attached hydrogen (secondary N) is 2. The third-order valence-electron chi connectivity index (χ3n) is 3.93. The fraction of sp³-hybridized carbons (Fsp3) is 0.538. The van der Waals surface area contributed by atoms with Gasteiger partial charge in [0.15, 0.2) is 0 Å². The van der Waals surface area contributed by atoms with Gasteiger partial charge in [0.05, 0.1) is 15.4 Å². The van der Waals surface area contributed by atoms with Gasteiger partial charge in [0.2, 0.25) is 10.0 Å². The third-order valence-corrected chi connectivity index (χ3v) is 5.40. The summed E-state index contributed by atoms with van der Waals surface area (Å²) >= 11 is 0. The maximum Gasteiger partial charge on any atom is 0.276 e. The van der Waals surface area contributed by atoms with Crippen LogP contribution in [0.5, 0.6) is 0 Å². The Morgan fingerprint density at radius 1 is 1.45 bits per heavy atom. The van der Waals surface area contributed by atoms with Crippen molar-refractivity contribution >= 4 is 15.7 Å². The fourth-order valence-corrected chi connectivity index (χ4v) is 3.78. The van der Waals surface area contributed by atoms with E-state index in [4.69, 9.17) is 0 Å². The lowest BCUT2D eigenvalue weighted by molar-refractivity contribution is -0.385. The van der Waals surface area contributed by atoms with Crippen molar-refractivity contribution in [1.82, 2.24) is 10.0 Å². The van der Waals surface area contributed by atoms with E-state index in [0.717, 1.165) is 25.1 Å². The van der Waals surface area contributed by atoms with Crippen LogP contribution in [0.2, 0.25) is 0 Å². The highest BCUT2D eigenvalue weighted by atomic mass is 32.2. The molecule has 2 N–H and O–H groups in total. The highest BCUT2D eigenvalue weighted by Gasteiger charge is 2.29. The Morgan fingerprint density at radius 2 is 2.14 bits per heavy atom. The molecule has 2 atom stereocenters. The summed E-state index contributed by atoms with van der Waals surface area (Å²) in [6.07, 6.45) is 0.815. The van der Waals surface area contributed by atoms with Crippen molar-refractivity contribution in [2.45, 2.75) is 31.2 Å². The first-order valence-electron chi connectivity index (χ1n) is 6.90. The number of nitrogens with zero attached hydrogens (tertiary/aromatic N) is 1. The predicted octanol–water partition coefficient (Wildman–Crippen LogP) is 1.32. The summed E-state index contributed by atoms with van der Waals surface area (Å²) in [6, 6.07) is 1.37. The maximum absolute atomic E-state index is 13.8. The zero-order chi connectivity index (χ0) is 16.5. The van der Waals surface area contributed by atoms with Gasteiger partial charge in [0, 0.05) is 18.7 Å². The van der Waals surface area contributed by atoms with E-state index in [9.17, 15) is 22.9 Å². The molecule has 0 spiro atoms. The number of sulfonamides is 1. The van der Waals surface area contributed by atoms with Crippen LogP contribution in [-0.2, 0) is 10.0 Å². The highest BCUT2D eigenvalue weighted by Crippen LogP contribution is 2.26. The second-order valence-electron chi connectivity index (χ2n) is 5.50. The van der Waals surface area contributed by atoms with Crippen LogP contribution in [0.15, 0.2) is 17.0 Å². The number of rotatable bonds is 4. The summed E-state index contributed by atoms with van der Waals surface area (Å²) in [4.78, 5) is 9.69. The van der Waals surface area contributed by atoms with Crippen molar-refractivity contribution in [2.24, 2.45) is 5.92 Å². The number of hydrogen-bond donors (Lipinski definition) is 2. The van der Waals surface area contributed by atoms with Gasteiger partial charge in [-0.15, -0.1) is 0 Å². The standard InChI is InChI=1S/C13H18FN3O4S/c1-8-3-4-15-7-12(8)16-22(20,21)10-5-11(14)9(2)13(6-10)17(18)19/h5-6,8,12,15-16H,3-4,7H2,1-2H3. The van der Waals surface area contributed by atoms with E-state index < -0.39 is 31.3 Å². The van der Waals surface area contributed by atoms with E-state index in [1.165, 1.54) is 6.92 Å². The predicted molar refractivity (Wildman–Crippen MR) is 78.6 cm³/mol. The first kappa shape index (κ1) is 16.8. The first-order valence-corrected chi connectivity index (χ1v) is 8.38. The quantitative estimate of drug-likeness (QED) is 0.640. The zero-order valence-corrected chi connectivity index (χ0v) is 13.1. The van der Waals surface area contributed by atoms with Gasteiger partial charge in [-0.3, -0.25) is 10.1 Å². The Hall–Kier alpha value is -1.58. The molecule has 2 rings (SSSR count). The van der Waals surface area contributed by atoms with Gasteiger partial charge in [-0.2, -0.15) is 0 Å². The number of nitro groups is 1. The van der Waals surface area contributed by atoms with Crippen LogP contribution in [0.3, 0.4) is 0 Å². The molecule has 2 unspecified atom stereocenters. The van der Waals surface area contributed by atoms with E-state index in [1.54, 1.807) is 0 Å². The van der Waals surface area contributed by atoms with E-state index in [1.807, 2.05) is 6.92 Å². The largest absolute Gasteiger partial charge is 0.315 e. The minimum Gasteiger partial charge on any atom is -0.315 e. The van der Waals surface area contributed by atoms with E-state index >= 15 is 0 Å². The molecular formula is C13H18FN3O4S. The minimum atomic E-state index is -4.02. The van der Waals surface area contributed by atoms with Crippen LogP contribution < -0.4 is 10.0 Å². The van der Waals surface area contributed by atoms with Crippen molar-refractivity contribution in [2.75, 3.05) is 13.1 Å². The molecule has 0 aliphatic carbocycles. The lowest BCUT2D eigenvalue weighted by Crippen LogP contribution is -2.50. The topological polar surface area (TPSA) is 101 Å². The fourth-order valence-electron chi connectivity index (χ4n) is 2.40. The zero-order valence-electron chi connectivity index (χ0n) is 12.3. The van der Waals surface area contributed by atoms with Gasteiger partial charge < -0.3 is 5.32 Å². The van der Waals surface area contributed by atoms with Gasteiger partial charge in [-0.1, -0.05) is 6.92 Å². The molecular weight excluding hydrogens is 313 g/mol. The molecule has 9 heteroatoms.